The molecule has 0 aliphatic rings. The number of hydrogen-bond acceptors (Lipinski definition) is 3. The highest BCUT2D eigenvalue weighted by Gasteiger charge is 2.06. The Morgan fingerprint density at radius 1 is 1.67 bits per heavy atom. The van der Waals surface area contributed by atoms with E-state index in [1.54, 1.807) is 14.0 Å². The molecule has 0 radical (unpaired) electrons. The van der Waals surface area contributed by atoms with E-state index in [4.69, 9.17) is 0 Å². The van der Waals surface area contributed by atoms with Crippen molar-refractivity contribution >= 4 is 10.8 Å². The summed E-state index contributed by atoms with van der Waals surface area (Å²) in [7, 11) is 0.355. The van der Waals surface area contributed by atoms with Crippen LogP contribution in [0.4, 0.5) is 0 Å². The molecule has 12 heavy (non-hydrogen) atoms. The molecule has 0 fully saturated rings. The Morgan fingerprint density at radius 3 is 2.92 bits per heavy atom. The molecule has 0 bridgehead atoms. The fraction of sp³-hybridized carbons (Fsp3) is 0.429. The lowest BCUT2D eigenvalue weighted by Gasteiger charge is -1.99. The first-order valence-corrected chi connectivity index (χ1v) is 4.89. The van der Waals surface area contributed by atoms with Crippen LogP contribution in [0.15, 0.2) is 22.0 Å². The summed E-state index contributed by atoms with van der Waals surface area (Å²) in [6, 6.07) is 1.50. The van der Waals surface area contributed by atoms with Crippen molar-refractivity contribution in [2.45, 2.75) is 11.8 Å². The van der Waals surface area contributed by atoms with Crippen LogP contribution in [0.5, 0.6) is 0 Å². The molecule has 1 atom stereocenters. The average molecular weight is 186 g/mol. The third-order valence-electron chi connectivity index (χ3n) is 1.48. The minimum atomic E-state index is -1.19. The second-order valence-electron chi connectivity index (χ2n) is 2.26. The summed E-state index contributed by atoms with van der Waals surface area (Å²) in [6.07, 6.45) is 1.48. The van der Waals surface area contributed by atoms with E-state index in [9.17, 15) is 9.00 Å². The minimum Gasteiger partial charge on any atom is -0.266 e. The Bertz CT molecular complexity index is 359. The van der Waals surface area contributed by atoms with Crippen LogP contribution in [0.2, 0.25) is 0 Å². The molecule has 1 unspecified atom stereocenters. The molecule has 0 saturated heterocycles. The first-order chi connectivity index (χ1) is 5.66. The third kappa shape index (κ3) is 1.61. The monoisotopic (exact) mass is 186 g/mol. The third-order valence-corrected chi connectivity index (χ3v) is 2.80. The second-order valence-corrected chi connectivity index (χ2v) is 3.97. The van der Waals surface area contributed by atoms with Gasteiger partial charge in [-0.1, -0.05) is 6.92 Å². The molecule has 1 rings (SSSR count). The van der Waals surface area contributed by atoms with E-state index in [2.05, 4.69) is 5.10 Å². The van der Waals surface area contributed by atoms with E-state index in [-0.39, 0.29) is 5.56 Å². The molecular formula is C7H10N2O2S. The minimum absolute atomic E-state index is 0.280. The second kappa shape index (κ2) is 3.62. The molecule has 0 N–H and O–H groups in total. The van der Waals surface area contributed by atoms with Gasteiger partial charge >= 0.3 is 0 Å². The van der Waals surface area contributed by atoms with E-state index in [0.29, 0.717) is 10.6 Å². The van der Waals surface area contributed by atoms with Crippen molar-refractivity contribution in [3.05, 3.63) is 22.6 Å². The molecule has 1 aromatic heterocycles. The lowest BCUT2D eigenvalue weighted by atomic mass is 10.6. The van der Waals surface area contributed by atoms with Gasteiger partial charge < -0.3 is 0 Å². The molecule has 1 aromatic rings. The molecule has 0 spiro atoms. The van der Waals surface area contributed by atoms with Crippen LogP contribution >= 0.6 is 0 Å². The fourth-order valence-electron chi connectivity index (χ4n) is 0.813. The van der Waals surface area contributed by atoms with Crippen molar-refractivity contribution in [2.24, 2.45) is 7.05 Å². The number of nitrogens with zero attached hydrogens (tertiary/aromatic N) is 2. The molecule has 66 valence electrons. The van der Waals surface area contributed by atoms with Crippen molar-refractivity contribution in [3.63, 3.8) is 0 Å². The number of rotatable bonds is 2. The lowest BCUT2D eigenvalue weighted by Crippen LogP contribution is -2.23. The van der Waals surface area contributed by atoms with Gasteiger partial charge in [0, 0.05) is 19.0 Å². The van der Waals surface area contributed by atoms with Gasteiger partial charge in [-0.05, 0) is 6.07 Å². The highest BCUT2D eigenvalue weighted by molar-refractivity contribution is 7.85. The number of hydrogen-bond donors (Lipinski definition) is 0. The molecule has 5 heteroatoms. The van der Waals surface area contributed by atoms with Crippen LogP contribution in [-0.4, -0.2) is 19.7 Å². The van der Waals surface area contributed by atoms with E-state index < -0.39 is 10.8 Å². The molecule has 0 saturated carbocycles. The maximum Gasteiger partial charge on any atom is 0.282 e. The maximum atomic E-state index is 11.3. The van der Waals surface area contributed by atoms with Crippen LogP contribution < -0.4 is 5.56 Å². The van der Waals surface area contributed by atoms with Gasteiger partial charge in [0.1, 0.15) is 4.90 Å². The van der Waals surface area contributed by atoms with Gasteiger partial charge in [0.05, 0.1) is 10.8 Å². The first-order valence-electron chi connectivity index (χ1n) is 3.57. The zero-order chi connectivity index (χ0) is 9.14. The highest BCUT2D eigenvalue weighted by atomic mass is 32.2. The molecule has 0 aromatic carbocycles. The molecule has 0 aliphatic heterocycles. The quantitative estimate of drug-likeness (QED) is 0.648. The zero-order valence-electron chi connectivity index (χ0n) is 6.98. The van der Waals surface area contributed by atoms with Crippen molar-refractivity contribution in [2.75, 3.05) is 5.75 Å². The van der Waals surface area contributed by atoms with Gasteiger partial charge in [0.2, 0.25) is 0 Å². The molecule has 0 aliphatic carbocycles. The summed E-state index contributed by atoms with van der Waals surface area (Å²) < 4.78 is 12.4. The number of aryl methyl sites for hydroxylation is 1. The summed E-state index contributed by atoms with van der Waals surface area (Å²) in [5, 5.41) is 3.73. The van der Waals surface area contributed by atoms with Crippen molar-refractivity contribution in [1.82, 2.24) is 9.78 Å². The lowest BCUT2D eigenvalue weighted by molar-refractivity contribution is 0.664. The Balaban J connectivity index is 3.26. The SMILES string of the molecule is CCS(=O)c1ccnn(C)c1=O. The van der Waals surface area contributed by atoms with Crippen LogP contribution in [0, 0.1) is 0 Å². The number of aromatic nitrogens is 2. The largest absolute Gasteiger partial charge is 0.282 e. The standard InChI is InChI=1S/C7H10N2O2S/c1-3-12(11)6-4-5-8-9(2)7(6)10/h4-5H,3H2,1-2H3. The topological polar surface area (TPSA) is 52.0 Å². The van der Waals surface area contributed by atoms with Gasteiger partial charge in [-0.2, -0.15) is 5.10 Å². The summed E-state index contributed by atoms with van der Waals surface area (Å²) in [6.45, 7) is 1.77. The van der Waals surface area contributed by atoms with E-state index in [1.165, 1.54) is 16.9 Å². The van der Waals surface area contributed by atoms with Gasteiger partial charge in [-0.3, -0.25) is 9.00 Å². The summed E-state index contributed by atoms with van der Waals surface area (Å²) in [5.41, 5.74) is -0.280. The Kier molecular flexibility index (Phi) is 2.75. The van der Waals surface area contributed by atoms with E-state index in [1.807, 2.05) is 0 Å². The Hall–Kier alpha value is -0.970. The highest BCUT2D eigenvalue weighted by Crippen LogP contribution is 1.96. The van der Waals surface area contributed by atoms with Crippen molar-refractivity contribution < 1.29 is 4.21 Å². The van der Waals surface area contributed by atoms with Crippen LogP contribution in [0.25, 0.3) is 0 Å². The van der Waals surface area contributed by atoms with Crippen LogP contribution in [-0.2, 0) is 17.8 Å². The Labute approximate surface area is 72.7 Å². The van der Waals surface area contributed by atoms with Gasteiger partial charge in [-0.15, -0.1) is 0 Å². The molecular weight excluding hydrogens is 176 g/mol. The first kappa shape index (κ1) is 9.12. The van der Waals surface area contributed by atoms with Crippen molar-refractivity contribution in [3.8, 4) is 0 Å². The summed E-state index contributed by atoms with van der Waals surface area (Å²) in [5.74, 6) is 0.458. The average Bonchev–Trinajstić information content (AvgIpc) is 2.08. The van der Waals surface area contributed by atoms with Crippen molar-refractivity contribution in [1.29, 1.82) is 0 Å². The molecule has 1 heterocycles. The van der Waals surface area contributed by atoms with E-state index in [0.717, 1.165) is 0 Å². The van der Waals surface area contributed by atoms with Crippen LogP contribution in [0.1, 0.15) is 6.92 Å². The zero-order valence-corrected chi connectivity index (χ0v) is 7.80. The van der Waals surface area contributed by atoms with Crippen LogP contribution in [0.3, 0.4) is 0 Å². The predicted molar refractivity (Wildman–Crippen MR) is 46.4 cm³/mol. The van der Waals surface area contributed by atoms with Gasteiger partial charge in [-0.25, -0.2) is 4.68 Å². The Morgan fingerprint density at radius 2 is 2.33 bits per heavy atom. The smallest absolute Gasteiger partial charge is 0.266 e. The summed E-state index contributed by atoms with van der Waals surface area (Å²) in [4.78, 5) is 11.6. The van der Waals surface area contributed by atoms with Gasteiger partial charge in [0.25, 0.3) is 5.56 Å². The maximum absolute atomic E-state index is 11.3. The van der Waals surface area contributed by atoms with E-state index >= 15 is 0 Å². The predicted octanol–water partition coefficient (Wildman–Crippen LogP) is -0.0922. The fourth-order valence-corrected chi connectivity index (χ4v) is 1.66. The summed E-state index contributed by atoms with van der Waals surface area (Å²) >= 11 is 0. The molecule has 4 nitrogen and oxygen atoms in total. The molecule has 0 amide bonds. The normalized spacial score (nSPS) is 12.8. The van der Waals surface area contributed by atoms with Gasteiger partial charge in [0.15, 0.2) is 0 Å².